The van der Waals surface area contributed by atoms with Gasteiger partial charge in [0.15, 0.2) is 0 Å². The number of hydrogen-bond donors (Lipinski definition) is 1. The highest BCUT2D eigenvalue weighted by molar-refractivity contribution is 4.79. The van der Waals surface area contributed by atoms with Crippen LogP contribution in [0.25, 0.3) is 0 Å². The van der Waals surface area contributed by atoms with Crippen molar-refractivity contribution in [2.75, 3.05) is 0 Å². The van der Waals surface area contributed by atoms with E-state index >= 15 is 0 Å². The first-order valence-electron chi connectivity index (χ1n) is 6.91. The Labute approximate surface area is 96.0 Å². The van der Waals surface area contributed by atoms with Crippen LogP contribution < -0.4 is 5.32 Å². The Balaban J connectivity index is 2.29. The Bertz CT molecular complexity index is 161. The van der Waals surface area contributed by atoms with Crippen molar-refractivity contribution in [3.63, 3.8) is 0 Å². The summed E-state index contributed by atoms with van der Waals surface area (Å²) < 4.78 is 0. The fourth-order valence-corrected chi connectivity index (χ4v) is 2.70. The molecule has 0 bridgehead atoms. The Morgan fingerprint density at radius 2 is 1.67 bits per heavy atom. The molecule has 0 radical (unpaired) electrons. The molecule has 1 N–H and O–H groups in total. The Kier molecular flexibility index (Phi) is 5.66. The minimum Gasteiger partial charge on any atom is -0.311 e. The van der Waals surface area contributed by atoms with Gasteiger partial charge in [-0.1, -0.05) is 39.5 Å². The molecule has 3 atom stereocenters. The van der Waals surface area contributed by atoms with Crippen LogP contribution in [0.2, 0.25) is 0 Å². The fraction of sp³-hybridized carbons (Fsp3) is 1.00. The van der Waals surface area contributed by atoms with E-state index in [2.05, 4.69) is 33.0 Å². The van der Waals surface area contributed by atoms with Crippen LogP contribution in [0.5, 0.6) is 0 Å². The average molecular weight is 211 g/mol. The monoisotopic (exact) mass is 211 g/mol. The maximum absolute atomic E-state index is 3.80. The first-order valence-corrected chi connectivity index (χ1v) is 6.91. The van der Waals surface area contributed by atoms with Crippen LogP contribution in [0.15, 0.2) is 0 Å². The molecule has 90 valence electrons. The zero-order valence-electron chi connectivity index (χ0n) is 11.1. The highest BCUT2D eigenvalue weighted by Gasteiger charge is 2.22. The van der Waals surface area contributed by atoms with Gasteiger partial charge in [-0.05, 0) is 38.5 Å². The SMILES string of the molecule is CCC(C)C(C)N[C@@H](C)C1CCCCC1. The van der Waals surface area contributed by atoms with E-state index < -0.39 is 0 Å². The lowest BCUT2D eigenvalue weighted by Gasteiger charge is -2.32. The molecule has 1 fully saturated rings. The van der Waals surface area contributed by atoms with E-state index in [0.29, 0.717) is 12.1 Å². The van der Waals surface area contributed by atoms with Crippen LogP contribution in [0.3, 0.4) is 0 Å². The van der Waals surface area contributed by atoms with E-state index in [1.807, 2.05) is 0 Å². The molecule has 1 aliphatic rings. The summed E-state index contributed by atoms with van der Waals surface area (Å²) in [6, 6.07) is 1.39. The van der Waals surface area contributed by atoms with Crippen molar-refractivity contribution in [1.29, 1.82) is 0 Å². The smallest absolute Gasteiger partial charge is 0.00695 e. The summed E-state index contributed by atoms with van der Waals surface area (Å²) in [5.74, 6) is 1.74. The molecule has 1 heteroatoms. The van der Waals surface area contributed by atoms with Crippen LogP contribution >= 0.6 is 0 Å². The van der Waals surface area contributed by atoms with Crippen molar-refractivity contribution in [3.8, 4) is 0 Å². The van der Waals surface area contributed by atoms with Gasteiger partial charge in [0, 0.05) is 12.1 Å². The second-order valence-electron chi connectivity index (χ2n) is 5.53. The highest BCUT2D eigenvalue weighted by Crippen LogP contribution is 2.26. The lowest BCUT2D eigenvalue weighted by molar-refractivity contribution is 0.246. The van der Waals surface area contributed by atoms with E-state index in [9.17, 15) is 0 Å². The van der Waals surface area contributed by atoms with Crippen molar-refractivity contribution >= 4 is 0 Å². The molecule has 0 heterocycles. The van der Waals surface area contributed by atoms with Crippen molar-refractivity contribution in [2.24, 2.45) is 11.8 Å². The van der Waals surface area contributed by atoms with Gasteiger partial charge in [0.05, 0.1) is 0 Å². The molecular weight excluding hydrogens is 182 g/mol. The topological polar surface area (TPSA) is 12.0 Å². The Morgan fingerprint density at radius 1 is 1.07 bits per heavy atom. The third kappa shape index (κ3) is 4.14. The van der Waals surface area contributed by atoms with Gasteiger partial charge in [-0.2, -0.15) is 0 Å². The summed E-state index contributed by atoms with van der Waals surface area (Å²) in [4.78, 5) is 0. The van der Waals surface area contributed by atoms with Gasteiger partial charge in [-0.3, -0.25) is 0 Å². The van der Waals surface area contributed by atoms with Gasteiger partial charge in [-0.25, -0.2) is 0 Å². The minimum absolute atomic E-state index is 0.673. The maximum Gasteiger partial charge on any atom is 0.00695 e. The molecule has 0 aromatic carbocycles. The molecule has 15 heavy (non-hydrogen) atoms. The summed E-state index contributed by atoms with van der Waals surface area (Å²) in [5, 5.41) is 3.80. The number of nitrogens with one attached hydrogen (secondary N) is 1. The molecule has 0 spiro atoms. The molecule has 0 aromatic rings. The van der Waals surface area contributed by atoms with Crippen LogP contribution in [-0.4, -0.2) is 12.1 Å². The normalized spacial score (nSPS) is 24.8. The average Bonchev–Trinajstić information content (AvgIpc) is 2.29. The minimum atomic E-state index is 0.673. The summed E-state index contributed by atoms with van der Waals surface area (Å²) in [7, 11) is 0. The van der Waals surface area contributed by atoms with Crippen molar-refractivity contribution in [2.45, 2.75) is 78.3 Å². The number of rotatable bonds is 5. The third-order valence-corrected chi connectivity index (χ3v) is 4.38. The second-order valence-corrected chi connectivity index (χ2v) is 5.53. The standard InChI is InChI=1S/C14H29N/c1-5-11(2)12(3)15-13(4)14-9-7-6-8-10-14/h11-15H,5-10H2,1-4H3/t11?,12?,13-/m0/s1. The molecule has 0 saturated heterocycles. The fourth-order valence-electron chi connectivity index (χ4n) is 2.70. The van der Waals surface area contributed by atoms with E-state index in [-0.39, 0.29) is 0 Å². The Morgan fingerprint density at radius 3 is 2.20 bits per heavy atom. The van der Waals surface area contributed by atoms with E-state index in [1.54, 1.807) is 0 Å². The quantitative estimate of drug-likeness (QED) is 0.725. The maximum atomic E-state index is 3.80. The molecule has 2 unspecified atom stereocenters. The second kappa shape index (κ2) is 6.52. The predicted octanol–water partition coefficient (Wildman–Crippen LogP) is 3.98. The first-order chi connectivity index (χ1) is 7.15. The van der Waals surface area contributed by atoms with E-state index in [0.717, 1.165) is 11.8 Å². The third-order valence-electron chi connectivity index (χ3n) is 4.38. The van der Waals surface area contributed by atoms with Crippen molar-refractivity contribution in [3.05, 3.63) is 0 Å². The zero-order chi connectivity index (χ0) is 11.3. The predicted molar refractivity (Wildman–Crippen MR) is 68.1 cm³/mol. The highest BCUT2D eigenvalue weighted by atomic mass is 14.9. The largest absolute Gasteiger partial charge is 0.311 e. The lowest BCUT2D eigenvalue weighted by Crippen LogP contribution is -2.42. The summed E-state index contributed by atoms with van der Waals surface area (Å²) in [5.41, 5.74) is 0. The van der Waals surface area contributed by atoms with Crippen LogP contribution in [0.1, 0.15) is 66.2 Å². The van der Waals surface area contributed by atoms with Gasteiger partial charge in [0.2, 0.25) is 0 Å². The number of hydrogen-bond acceptors (Lipinski definition) is 1. The van der Waals surface area contributed by atoms with E-state index in [4.69, 9.17) is 0 Å². The molecule has 1 rings (SSSR count). The van der Waals surface area contributed by atoms with Crippen LogP contribution in [0.4, 0.5) is 0 Å². The molecule has 1 nitrogen and oxygen atoms in total. The Hall–Kier alpha value is -0.0400. The van der Waals surface area contributed by atoms with Gasteiger partial charge in [-0.15, -0.1) is 0 Å². The van der Waals surface area contributed by atoms with Crippen molar-refractivity contribution in [1.82, 2.24) is 5.32 Å². The zero-order valence-corrected chi connectivity index (χ0v) is 11.1. The lowest BCUT2D eigenvalue weighted by atomic mass is 9.84. The molecule has 0 aliphatic heterocycles. The van der Waals surface area contributed by atoms with Crippen LogP contribution in [-0.2, 0) is 0 Å². The molecule has 1 aliphatic carbocycles. The van der Waals surface area contributed by atoms with Gasteiger partial charge >= 0.3 is 0 Å². The van der Waals surface area contributed by atoms with Gasteiger partial charge in [0.1, 0.15) is 0 Å². The van der Waals surface area contributed by atoms with Crippen molar-refractivity contribution < 1.29 is 0 Å². The molecule has 0 aromatic heterocycles. The summed E-state index contributed by atoms with van der Waals surface area (Å²) in [6.45, 7) is 9.36. The molecular formula is C14H29N. The van der Waals surface area contributed by atoms with E-state index in [1.165, 1.54) is 38.5 Å². The molecule has 0 amide bonds. The summed E-state index contributed by atoms with van der Waals surface area (Å²) >= 11 is 0. The van der Waals surface area contributed by atoms with Crippen LogP contribution in [0, 0.1) is 11.8 Å². The molecule has 1 saturated carbocycles. The summed E-state index contributed by atoms with van der Waals surface area (Å²) in [6.07, 6.45) is 8.54. The van der Waals surface area contributed by atoms with Gasteiger partial charge < -0.3 is 5.32 Å². The first kappa shape index (κ1) is 13.0. The van der Waals surface area contributed by atoms with Gasteiger partial charge in [0.25, 0.3) is 0 Å².